The Morgan fingerprint density at radius 3 is 1.92 bits per heavy atom. The molecule has 0 saturated heterocycles. The van der Waals surface area contributed by atoms with Crippen molar-refractivity contribution in [3.63, 3.8) is 0 Å². The minimum Gasteiger partial charge on any atom is -0.265 e. The molecule has 0 radical (unpaired) electrons. The van der Waals surface area contributed by atoms with Crippen LogP contribution in [0.3, 0.4) is 0 Å². The van der Waals surface area contributed by atoms with Crippen LogP contribution in [-0.4, -0.2) is 35.7 Å². The quantitative estimate of drug-likeness (QED) is 0.489. The van der Waals surface area contributed by atoms with E-state index < -0.39 is 0 Å². The molecule has 60 valence electrons. The number of H-pyrrole nitrogens is 2. The SMILES string of the molecule is S=C(c1c[nH]nn1)c1c[nH]nn1. The summed E-state index contributed by atoms with van der Waals surface area (Å²) in [7, 11) is 0. The molecule has 2 aromatic heterocycles. The van der Waals surface area contributed by atoms with E-state index in [4.69, 9.17) is 12.2 Å². The third-order valence-corrected chi connectivity index (χ3v) is 1.72. The summed E-state index contributed by atoms with van der Waals surface area (Å²) < 4.78 is 0. The number of aromatic nitrogens is 6. The van der Waals surface area contributed by atoms with Crippen molar-refractivity contribution in [3.8, 4) is 0 Å². The zero-order valence-electron chi connectivity index (χ0n) is 5.85. The Balaban J connectivity index is 2.34. The van der Waals surface area contributed by atoms with E-state index in [9.17, 15) is 0 Å². The topological polar surface area (TPSA) is 83.1 Å². The van der Waals surface area contributed by atoms with Crippen LogP contribution < -0.4 is 0 Å². The number of nitrogens with one attached hydrogen (secondary N) is 2. The first kappa shape index (κ1) is 7.04. The maximum Gasteiger partial charge on any atom is 0.125 e. The van der Waals surface area contributed by atoms with Gasteiger partial charge in [0.1, 0.15) is 11.4 Å². The van der Waals surface area contributed by atoms with Gasteiger partial charge in [-0.05, 0) is 0 Å². The van der Waals surface area contributed by atoms with E-state index in [0.717, 1.165) is 0 Å². The highest BCUT2D eigenvalue weighted by atomic mass is 32.1. The van der Waals surface area contributed by atoms with Crippen molar-refractivity contribution < 1.29 is 0 Å². The van der Waals surface area contributed by atoms with E-state index in [1.807, 2.05) is 0 Å². The lowest BCUT2D eigenvalue weighted by atomic mass is 10.3. The Morgan fingerprint density at radius 2 is 1.58 bits per heavy atom. The lowest BCUT2D eigenvalue weighted by molar-refractivity contribution is 0.933. The van der Waals surface area contributed by atoms with Crippen LogP contribution in [0.25, 0.3) is 0 Å². The largest absolute Gasteiger partial charge is 0.265 e. The fourth-order valence-electron chi connectivity index (χ4n) is 0.756. The molecule has 0 aliphatic rings. The molecule has 2 aromatic rings. The van der Waals surface area contributed by atoms with Crippen molar-refractivity contribution in [2.45, 2.75) is 0 Å². The van der Waals surface area contributed by atoms with Crippen molar-refractivity contribution in [3.05, 3.63) is 23.8 Å². The Hall–Kier alpha value is -1.63. The molecule has 2 rings (SSSR count). The summed E-state index contributed by atoms with van der Waals surface area (Å²) >= 11 is 5.05. The maximum absolute atomic E-state index is 5.05. The third-order valence-electron chi connectivity index (χ3n) is 1.30. The van der Waals surface area contributed by atoms with E-state index in [1.165, 1.54) is 0 Å². The lowest BCUT2D eigenvalue weighted by Gasteiger charge is -1.89. The van der Waals surface area contributed by atoms with Crippen LogP contribution in [0.15, 0.2) is 12.4 Å². The molecule has 0 saturated carbocycles. The number of hydrogen-bond donors (Lipinski definition) is 2. The molecule has 6 nitrogen and oxygen atoms in total. The molecule has 12 heavy (non-hydrogen) atoms. The van der Waals surface area contributed by atoms with Gasteiger partial charge in [0.2, 0.25) is 0 Å². The smallest absolute Gasteiger partial charge is 0.125 e. The summed E-state index contributed by atoms with van der Waals surface area (Å²) in [5, 5.41) is 19.7. The minimum atomic E-state index is 0.525. The molecule has 0 atom stereocenters. The first-order chi connectivity index (χ1) is 5.88. The summed E-state index contributed by atoms with van der Waals surface area (Å²) in [6, 6.07) is 0. The number of thiocarbonyl (C=S) groups is 1. The van der Waals surface area contributed by atoms with E-state index in [0.29, 0.717) is 16.3 Å². The summed E-state index contributed by atoms with van der Waals surface area (Å²) in [5.41, 5.74) is 1.19. The van der Waals surface area contributed by atoms with Gasteiger partial charge in [0.15, 0.2) is 0 Å². The molecule has 0 fully saturated rings. The standard InChI is InChI=1S/C5H4N6S/c12-5(3-1-6-10-8-3)4-2-7-11-9-4/h1-2H,(H,6,8,10)(H,7,9,11). The van der Waals surface area contributed by atoms with Gasteiger partial charge in [-0.25, -0.2) is 0 Å². The van der Waals surface area contributed by atoms with E-state index in [2.05, 4.69) is 30.8 Å². The van der Waals surface area contributed by atoms with Gasteiger partial charge >= 0.3 is 0 Å². The van der Waals surface area contributed by atoms with Crippen LogP contribution in [0.5, 0.6) is 0 Å². The third kappa shape index (κ3) is 1.10. The molecule has 7 heteroatoms. The summed E-state index contributed by atoms with van der Waals surface area (Å²) in [4.78, 5) is 0.525. The molecule has 0 bridgehead atoms. The van der Waals surface area contributed by atoms with Crippen LogP contribution in [0, 0.1) is 0 Å². The highest BCUT2D eigenvalue weighted by Crippen LogP contribution is 2.01. The van der Waals surface area contributed by atoms with Gasteiger partial charge in [-0.1, -0.05) is 22.6 Å². The zero-order valence-corrected chi connectivity index (χ0v) is 6.67. The highest BCUT2D eigenvalue weighted by Gasteiger charge is 2.08. The molecule has 0 aliphatic carbocycles. The summed E-state index contributed by atoms with van der Waals surface area (Å²) in [5.74, 6) is 0. The Bertz CT molecular complexity index is 326. The van der Waals surface area contributed by atoms with Crippen LogP contribution in [0.1, 0.15) is 11.4 Å². The first-order valence-electron chi connectivity index (χ1n) is 3.15. The highest BCUT2D eigenvalue weighted by molar-refractivity contribution is 7.81. The average Bonchev–Trinajstić information content (AvgIpc) is 2.77. The molecular formula is C5H4N6S. The number of aromatic amines is 2. The second-order valence-corrected chi connectivity index (χ2v) is 2.45. The van der Waals surface area contributed by atoms with Crippen molar-refractivity contribution in [2.75, 3.05) is 0 Å². The van der Waals surface area contributed by atoms with Gasteiger partial charge in [-0.3, -0.25) is 10.2 Å². The minimum absolute atomic E-state index is 0.525. The molecular weight excluding hydrogens is 176 g/mol. The van der Waals surface area contributed by atoms with E-state index in [-0.39, 0.29) is 0 Å². The number of nitrogens with zero attached hydrogens (tertiary/aromatic N) is 4. The van der Waals surface area contributed by atoms with E-state index >= 15 is 0 Å². The fraction of sp³-hybridized carbons (Fsp3) is 0. The fourth-order valence-corrected chi connectivity index (χ4v) is 0.956. The van der Waals surface area contributed by atoms with Gasteiger partial charge in [0.05, 0.1) is 17.3 Å². The second-order valence-electron chi connectivity index (χ2n) is 2.05. The lowest BCUT2D eigenvalue weighted by Crippen LogP contribution is -2.00. The average molecular weight is 180 g/mol. The van der Waals surface area contributed by atoms with Crippen LogP contribution in [0.2, 0.25) is 0 Å². The zero-order chi connectivity index (χ0) is 8.39. The molecule has 0 spiro atoms. The summed E-state index contributed by atoms with van der Waals surface area (Å²) in [6.45, 7) is 0. The normalized spacial score (nSPS) is 10.0. The van der Waals surface area contributed by atoms with Crippen LogP contribution in [-0.2, 0) is 0 Å². The van der Waals surface area contributed by atoms with Gasteiger partial charge in [0.25, 0.3) is 0 Å². The predicted molar refractivity (Wildman–Crippen MR) is 43.6 cm³/mol. The Kier molecular flexibility index (Phi) is 1.63. The van der Waals surface area contributed by atoms with Crippen LogP contribution in [0.4, 0.5) is 0 Å². The molecule has 0 aliphatic heterocycles. The van der Waals surface area contributed by atoms with Gasteiger partial charge < -0.3 is 0 Å². The monoisotopic (exact) mass is 180 g/mol. The van der Waals surface area contributed by atoms with Gasteiger partial charge in [0, 0.05) is 0 Å². The number of rotatable bonds is 2. The molecule has 2 N–H and O–H groups in total. The van der Waals surface area contributed by atoms with E-state index in [1.54, 1.807) is 12.4 Å². The van der Waals surface area contributed by atoms with Crippen molar-refractivity contribution >= 4 is 17.1 Å². The molecule has 0 aromatic carbocycles. The second kappa shape index (κ2) is 2.78. The first-order valence-corrected chi connectivity index (χ1v) is 3.56. The van der Waals surface area contributed by atoms with Crippen molar-refractivity contribution in [2.24, 2.45) is 0 Å². The van der Waals surface area contributed by atoms with Crippen molar-refractivity contribution in [1.82, 2.24) is 30.8 Å². The number of hydrogen-bond acceptors (Lipinski definition) is 5. The summed E-state index contributed by atoms with van der Waals surface area (Å²) in [6.07, 6.45) is 3.22. The Labute approximate surface area is 72.4 Å². The predicted octanol–water partition coefficient (Wildman–Crippen LogP) is -0.311. The molecule has 2 heterocycles. The van der Waals surface area contributed by atoms with Crippen molar-refractivity contribution in [1.29, 1.82) is 0 Å². The van der Waals surface area contributed by atoms with Crippen LogP contribution >= 0.6 is 12.2 Å². The Morgan fingerprint density at radius 1 is 1.08 bits per heavy atom. The van der Waals surface area contributed by atoms with Gasteiger partial charge in [-0.2, -0.15) is 0 Å². The molecule has 0 unspecified atom stereocenters. The van der Waals surface area contributed by atoms with Gasteiger partial charge in [-0.15, -0.1) is 10.2 Å². The maximum atomic E-state index is 5.05. The molecule has 0 amide bonds.